The van der Waals surface area contributed by atoms with E-state index in [1.165, 1.54) is 55.5 Å². The van der Waals surface area contributed by atoms with Gasteiger partial charge in [0.25, 0.3) is 0 Å². The lowest BCUT2D eigenvalue weighted by Crippen LogP contribution is -2.16. The number of rotatable bonds is 10. The van der Waals surface area contributed by atoms with Crippen molar-refractivity contribution in [3.63, 3.8) is 0 Å². The van der Waals surface area contributed by atoms with Gasteiger partial charge in [-0.25, -0.2) is 4.98 Å². The monoisotopic (exact) mass is 839 g/mol. The molecule has 2 aliphatic carbocycles. The molecule has 2 aromatic heterocycles. The van der Waals surface area contributed by atoms with Gasteiger partial charge in [-0.2, -0.15) is 5.26 Å². The highest BCUT2D eigenvalue weighted by molar-refractivity contribution is 5.89. The molecular weight excluding hydrogens is 789 g/mol. The van der Waals surface area contributed by atoms with Crippen LogP contribution in [0.15, 0.2) is 84.9 Å². The molecule has 0 radical (unpaired) electrons. The lowest BCUT2D eigenvalue weighted by atomic mass is 9.88. The van der Waals surface area contributed by atoms with Crippen LogP contribution in [0.4, 0.5) is 28.6 Å². The number of methoxy groups -OCH3 is 2. The summed E-state index contributed by atoms with van der Waals surface area (Å²) < 4.78 is 17.5. The molecule has 0 saturated heterocycles. The first-order valence-corrected chi connectivity index (χ1v) is 21.0. The van der Waals surface area contributed by atoms with Crippen LogP contribution in [0.1, 0.15) is 93.1 Å². The van der Waals surface area contributed by atoms with E-state index in [2.05, 4.69) is 55.8 Å². The number of ether oxygens (including phenoxy) is 3. The third-order valence-corrected chi connectivity index (χ3v) is 11.2. The van der Waals surface area contributed by atoms with Crippen LogP contribution < -0.4 is 24.8 Å². The summed E-state index contributed by atoms with van der Waals surface area (Å²) in [6, 6.07) is 32.0. The Hall–Kier alpha value is -7.70. The van der Waals surface area contributed by atoms with Crippen molar-refractivity contribution in [1.29, 1.82) is 16.1 Å². The molecule has 0 spiro atoms. The minimum absolute atomic E-state index is 0.130. The zero-order valence-electron chi connectivity index (χ0n) is 36.2. The number of anilines is 4. The second-order valence-electron chi connectivity index (χ2n) is 15.7. The fraction of sp³-hybridized carbons (Fsp3) is 0.255. The Morgan fingerprint density at radius 2 is 1.35 bits per heavy atom. The van der Waals surface area contributed by atoms with Crippen LogP contribution in [0.25, 0.3) is 4.85 Å². The predicted molar refractivity (Wildman–Crippen MR) is 249 cm³/mol. The molecule has 63 heavy (non-hydrogen) atoms. The number of nitriles is 1. The van der Waals surface area contributed by atoms with Crippen LogP contribution >= 0.6 is 0 Å². The predicted octanol–water partition coefficient (Wildman–Crippen LogP) is 11.5. The zero-order valence-corrected chi connectivity index (χ0v) is 36.2. The second kappa shape index (κ2) is 19.8. The van der Waals surface area contributed by atoms with Crippen LogP contribution in [0.3, 0.4) is 0 Å². The summed E-state index contributed by atoms with van der Waals surface area (Å²) in [5.41, 5.74) is 13.3. The number of phenolic OH excluding ortho intramolecular Hbond substituents is 1. The fourth-order valence-corrected chi connectivity index (χ4v) is 7.90. The van der Waals surface area contributed by atoms with E-state index >= 15 is 0 Å². The van der Waals surface area contributed by atoms with E-state index < -0.39 is 0 Å². The molecule has 0 fully saturated rings. The van der Waals surface area contributed by atoms with Crippen LogP contribution in [0.2, 0.25) is 0 Å². The van der Waals surface area contributed by atoms with Gasteiger partial charge in [-0.3, -0.25) is 0 Å². The number of aryl methyl sites for hydroxylation is 6. The Kier molecular flexibility index (Phi) is 13.6. The number of benzene rings is 4. The van der Waals surface area contributed by atoms with E-state index in [1.54, 1.807) is 38.3 Å². The minimum atomic E-state index is -0.138. The zero-order chi connectivity index (χ0) is 44.5. The summed E-state index contributed by atoms with van der Waals surface area (Å²) in [4.78, 5) is 13.4. The molecule has 318 valence electrons. The van der Waals surface area contributed by atoms with E-state index in [0.29, 0.717) is 40.1 Å². The van der Waals surface area contributed by atoms with Crippen molar-refractivity contribution in [2.45, 2.75) is 71.8 Å². The molecule has 12 nitrogen and oxygen atoms in total. The van der Waals surface area contributed by atoms with Gasteiger partial charge in [-0.15, -0.1) is 4.85 Å². The number of nitrogens with one attached hydrogen (secondary N) is 4. The van der Waals surface area contributed by atoms with E-state index in [-0.39, 0.29) is 11.9 Å². The molecule has 2 heterocycles. The van der Waals surface area contributed by atoms with Gasteiger partial charge in [0.2, 0.25) is 5.88 Å². The van der Waals surface area contributed by atoms with Crippen LogP contribution in [0.5, 0.6) is 23.3 Å². The van der Waals surface area contributed by atoms with Gasteiger partial charge >= 0.3 is 11.7 Å². The molecule has 4 aromatic carbocycles. The standard InChI is InChI=1S/C40H39N7O4.C11H11N/c1-23-11-28(20-41)33(18-35(23)48)46-31-15-38(47-40(17-31)50-5)43-22-26-9-10-32-27(14-26)7-6-8-36(32)51-37-19-34(29(21-42)12-24(37)2)45-30-13-25(3)44-39(16-30)49-4;12-8-9-5-6-10-3-1-2-4-11(10)7-9/h9-21,36H,6-8H2,1-5H3,(H4-,41,42,44,45,46,47,48);5-7H,1-4H2/p+1/t36-;/m0./s1. The van der Waals surface area contributed by atoms with Gasteiger partial charge in [0.05, 0.1) is 60.6 Å². The quantitative estimate of drug-likeness (QED) is 0.0841. The maximum atomic E-state index is 10.2. The van der Waals surface area contributed by atoms with Gasteiger partial charge in [0.15, 0.2) is 6.07 Å². The first kappa shape index (κ1) is 43.4. The number of pyridine rings is 2. The van der Waals surface area contributed by atoms with E-state index in [1.807, 2.05) is 56.3 Å². The maximum Gasteiger partial charge on any atom is 0.431 e. The molecule has 8 rings (SSSR count). The van der Waals surface area contributed by atoms with Crippen LogP contribution in [0, 0.1) is 49.0 Å². The molecule has 2 aliphatic rings. The average Bonchev–Trinajstić information content (AvgIpc) is 3.30. The molecule has 12 heteroatoms. The average molecular weight is 840 g/mol. The Balaban J connectivity index is 0.000000424. The van der Waals surface area contributed by atoms with Gasteiger partial charge in [-0.1, -0.05) is 12.1 Å². The summed E-state index contributed by atoms with van der Waals surface area (Å²) in [5, 5.41) is 41.4. The number of hydrogen-bond acceptors (Lipinski definition) is 11. The lowest BCUT2D eigenvalue weighted by molar-refractivity contribution is 0.182. The molecular formula is C51H51N8O4+. The summed E-state index contributed by atoms with van der Waals surface area (Å²) in [7, 11) is 3.12. The van der Waals surface area contributed by atoms with Crippen molar-refractivity contribution >= 4 is 41.0 Å². The summed E-state index contributed by atoms with van der Waals surface area (Å²) in [6.07, 6.45) is 10.1. The maximum absolute atomic E-state index is 10.2. The van der Waals surface area contributed by atoms with Gasteiger partial charge in [0, 0.05) is 58.1 Å². The number of aromatic nitrogens is 2. The SMILES string of the molecule is COc1cc(Nc2cc(O[C@H]3CCCc4cc(C#[N+]c5cc(Nc6cc(O)c(C)cc6C=N)cc(OC)n5)ccc43)c(C)cc2C=N)cc(C)n1.N#Cc1ccc2c(c1)CCCC2. The Morgan fingerprint density at radius 3 is 2.06 bits per heavy atom. The van der Waals surface area contributed by atoms with E-state index in [4.69, 9.17) is 30.3 Å². The number of fused-ring (bicyclic) bond motifs is 2. The first-order valence-electron chi connectivity index (χ1n) is 21.0. The third kappa shape index (κ3) is 10.6. The van der Waals surface area contributed by atoms with E-state index in [0.717, 1.165) is 76.3 Å². The molecule has 0 unspecified atom stereocenters. The number of aromatic hydroxyl groups is 1. The van der Waals surface area contributed by atoms with Crippen molar-refractivity contribution in [3.05, 3.63) is 151 Å². The van der Waals surface area contributed by atoms with Crippen molar-refractivity contribution in [3.8, 4) is 35.4 Å². The molecule has 1 atom stereocenters. The van der Waals surface area contributed by atoms with Crippen molar-refractivity contribution in [2.75, 3.05) is 24.9 Å². The third-order valence-electron chi connectivity index (χ3n) is 11.2. The Bertz CT molecular complexity index is 2800. The molecule has 0 bridgehead atoms. The molecule has 5 N–H and O–H groups in total. The fourth-order valence-electron chi connectivity index (χ4n) is 7.90. The normalized spacial score (nSPS) is 13.6. The molecule has 0 amide bonds. The van der Waals surface area contributed by atoms with Crippen molar-refractivity contribution in [1.82, 2.24) is 9.97 Å². The topological polar surface area (TPSA) is 174 Å². The van der Waals surface area contributed by atoms with Crippen molar-refractivity contribution < 1.29 is 19.3 Å². The summed E-state index contributed by atoms with van der Waals surface area (Å²) >= 11 is 0. The van der Waals surface area contributed by atoms with Crippen molar-refractivity contribution in [2.24, 2.45) is 0 Å². The van der Waals surface area contributed by atoms with Crippen LogP contribution in [-0.4, -0.2) is 41.7 Å². The number of phenols is 1. The summed E-state index contributed by atoms with van der Waals surface area (Å²) in [5.74, 6) is 2.13. The van der Waals surface area contributed by atoms with Crippen LogP contribution in [-0.2, 0) is 19.3 Å². The van der Waals surface area contributed by atoms with Gasteiger partial charge < -0.3 is 40.8 Å². The number of hydrogen-bond donors (Lipinski definition) is 5. The molecule has 0 saturated carbocycles. The highest BCUT2D eigenvalue weighted by atomic mass is 16.5. The molecule has 0 aliphatic heterocycles. The van der Waals surface area contributed by atoms with E-state index in [9.17, 15) is 5.11 Å². The summed E-state index contributed by atoms with van der Waals surface area (Å²) in [6.45, 7) is 5.69. The Morgan fingerprint density at radius 1 is 0.714 bits per heavy atom. The first-order chi connectivity index (χ1) is 30.5. The molecule has 6 aromatic rings. The highest BCUT2D eigenvalue weighted by Crippen LogP contribution is 2.38. The number of nitrogens with zero attached hydrogens (tertiary/aromatic N) is 4. The highest BCUT2D eigenvalue weighted by Gasteiger charge is 2.24. The largest absolute Gasteiger partial charge is 0.508 e. The van der Waals surface area contributed by atoms with Gasteiger partial charge in [-0.05, 0) is 142 Å². The Labute approximate surface area is 368 Å². The van der Waals surface area contributed by atoms with Gasteiger partial charge in [0.1, 0.15) is 17.6 Å². The second-order valence-corrected chi connectivity index (χ2v) is 15.7. The lowest BCUT2D eigenvalue weighted by Gasteiger charge is -2.27. The minimum Gasteiger partial charge on any atom is -0.508 e. The smallest absolute Gasteiger partial charge is 0.431 e.